The first-order valence-corrected chi connectivity index (χ1v) is 5.59. The predicted octanol–water partition coefficient (Wildman–Crippen LogP) is 1.83. The molecular formula is C14H10O4. The molecular weight excluding hydrogens is 232 g/mol. The van der Waals surface area contributed by atoms with Gasteiger partial charge in [-0.1, -0.05) is 18.2 Å². The average Bonchev–Trinajstić information content (AvgIpc) is 2.35. The van der Waals surface area contributed by atoms with E-state index in [4.69, 9.17) is 0 Å². The lowest BCUT2D eigenvalue weighted by Gasteiger charge is -2.25. The third-order valence-electron chi connectivity index (χ3n) is 3.29. The normalized spacial score (nSPS) is 26.2. The van der Waals surface area contributed by atoms with E-state index in [0.717, 1.165) is 5.57 Å². The van der Waals surface area contributed by atoms with E-state index in [0.29, 0.717) is 17.6 Å². The van der Waals surface area contributed by atoms with Gasteiger partial charge in [0.25, 0.3) is 0 Å². The zero-order chi connectivity index (χ0) is 12.9. The maximum Gasteiger partial charge on any atom is 0.212 e. The molecule has 0 aromatic carbocycles. The molecule has 4 nitrogen and oxygen atoms in total. The summed E-state index contributed by atoms with van der Waals surface area (Å²) in [6, 6.07) is 0. The second-order valence-corrected chi connectivity index (χ2v) is 4.43. The Morgan fingerprint density at radius 2 is 1.94 bits per heavy atom. The molecule has 0 aliphatic heterocycles. The van der Waals surface area contributed by atoms with Crippen molar-refractivity contribution in [2.45, 2.75) is 6.42 Å². The van der Waals surface area contributed by atoms with E-state index in [1.54, 1.807) is 18.2 Å². The van der Waals surface area contributed by atoms with Gasteiger partial charge in [0.2, 0.25) is 11.5 Å². The fraction of sp³-hybridized carbons (Fsp3) is 0.143. The zero-order valence-corrected chi connectivity index (χ0v) is 9.38. The highest BCUT2D eigenvalue weighted by Gasteiger charge is 2.34. The number of hydrogen-bond acceptors (Lipinski definition) is 4. The number of aliphatic hydroxyl groups excluding tert-OH is 2. The van der Waals surface area contributed by atoms with Crippen LogP contribution in [0.25, 0.3) is 0 Å². The first-order valence-electron chi connectivity index (χ1n) is 5.59. The van der Waals surface area contributed by atoms with Crippen molar-refractivity contribution in [1.29, 1.82) is 0 Å². The van der Waals surface area contributed by atoms with Gasteiger partial charge >= 0.3 is 0 Å². The van der Waals surface area contributed by atoms with Crippen LogP contribution in [0.3, 0.4) is 0 Å². The number of Topliss-reactive ketones (excluding diaryl/α,β-unsaturated/α-hetero) is 2. The Morgan fingerprint density at radius 1 is 1.17 bits per heavy atom. The molecule has 3 aliphatic rings. The first kappa shape index (κ1) is 10.8. The van der Waals surface area contributed by atoms with Crippen LogP contribution in [0, 0.1) is 5.92 Å². The van der Waals surface area contributed by atoms with Crippen LogP contribution in [-0.2, 0) is 9.59 Å². The van der Waals surface area contributed by atoms with Gasteiger partial charge in [-0.25, -0.2) is 0 Å². The molecule has 0 heterocycles. The Balaban J connectivity index is 2.16. The van der Waals surface area contributed by atoms with Crippen LogP contribution in [0.5, 0.6) is 0 Å². The van der Waals surface area contributed by atoms with Crippen molar-refractivity contribution in [2.75, 3.05) is 0 Å². The summed E-state index contributed by atoms with van der Waals surface area (Å²) in [6.45, 7) is 0. The van der Waals surface area contributed by atoms with Crippen molar-refractivity contribution in [3.63, 3.8) is 0 Å². The minimum absolute atomic E-state index is 0.0335. The molecule has 18 heavy (non-hydrogen) atoms. The number of carbonyl (C=O) groups is 2. The molecule has 4 heteroatoms. The molecule has 1 unspecified atom stereocenters. The van der Waals surface area contributed by atoms with Crippen LogP contribution in [-0.4, -0.2) is 21.8 Å². The van der Waals surface area contributed by atoms with Gasteiger partial charge < -0.3 is 10.2 Å². The number of carbonyl (C=O) groups excluding carboxylic acids is 2. The van der Waals surface area contributed by atoms with Crippen molar-refractivity contribution >= 4 is 11.6 Å². The van der Waals surface area contributed by atoms with E-state index < -0.39 is 23.2 Å². The number of aliphatic hydroxyl groups is 2. The van der Waals surface area contributed by atoms with Crippen molar-refractivity contribution in [2.24, 2.45) is 5.92 Å². The van der Waals surface area contributed by atoms with Gasteiger partial charge in [-0.15, -0.1) is 0 Å². The highest BCUT2D eigenvalue weighted by Crippen LogP contribution is 2.35. The van der Waals surface area contributed by atoms with E-state index in [1.165, 1.54) is 6.08 Å². The van der Waals surface area contributed by atoms with Crippen LogP contribution in [0.1, 0.15) is 6.42 Å². The average molecular weight is 242 g/mol. The fourth-order valence-electron chi connectivity index (χ4n) is 2.36. The van der Waals surface area contributed by atoms with Crippen LogP contribution in [0.15, 0.2) is 58.6 Å². The summed E-state index contributed by atoms with van der Waals surface area (Å²) in [5.41, 5.74) is 1.85. The monoisotopic (exact) mass is 242 g/mol. The summed E-state index contributed by atoms with van der Waals surface area (Å²) in [7, 11) is 0. The van der Waals surface area contributed by atoms with Crippen LogP contribution < -0.4 is 0 Å². The van der Waals surface area contributed by atoms with E-state index in [1.807, 2.05) is 6.08 Å². The molecule has 0 fully saturated rings. The van der Waals surface area contributed by atoms with Crippen molar-refractivity contribution in [1.82, 2.24) is 0 Å². The lowest BCUT2D eigenvalue weighted by atomic mass is 9.78. The second kappa shape index (κ2) is 3.57. The molecule has 0 radical (unpaired) electrons. The Hall–Kier alpha value is -2.36. The lowest BCUT2D eigenvalue weighted by Crippen LogP contribution is -2.25. The van der Waals surface area contributed by atoms with Crippen LogP contribution in [0.4, 0.5) is 0 Å². The minimum Gasteiger partial charge on any atom is -0.504 e. The Kier molecular flexibility index (Phi) is 2.13. The Morgan fingerprint density at radius 3 is 2.72 bits per heavy atom. The molecule has 2 N–H and O–H groups in total. The van der Waals surface area contributed by atoms with Crippen molar-refractivity contribution in [3.8, 4) is 0 Å². The number of allylic oxidation sites excluding steroid dienone is 9. The molecule has 0 spiro atoms. The SMILES string of the molecule is O=C1CC=CC2=CC3=CC(O)=C(O)C(=O)C3C=C12. The van der Waals surface area contributed by atoms with Gasteiger partial charge in [-0.2, -0.15) is 0 Å². The third kappa shape index (κ3) is 1.39. The van der Waals surface area contributed by atoms with Gasteiger partial charge in [0.1, 0.15) is 0 Å². The van der Waals surface area contributed by atoms with Crippen LogP contribution in [0.2, 0.25) is 0 Å². The Labute approximate surface area is 103 Å². The minimum atomic E-state index is -0.671. The third-order valence-corrected chi connectivity index (χ3v) is 3.29. The summed E-state index contributed by atoms with van der Waals surface area (Å²) < 4.78 is 0. The molecule has 0 saturated heterocycles. The standard InChI is InChI=1S/C14H10O4/c15-11-3-1-2-7-4-8-5-12(16)14(18)13(17)10(8)6-9(7)11/h1-2,4-6,10,16,18H,3H2. The number of rotatable bonds is 0. The molecule has 3 rings (SSSR count). The summed E-state index contributed by atoms with van der Waals surface area (Å²) in [4.78, 5) is 23.6. The summed E-state index contributed by atoms with van der Waals surface area (Å²) >= 11 is 0. The largest absolute Gasteiger partial charge is 0.504 e. The van der Waals surface area contributed by atoms with E-state index >= 15 is 0 Å². The van der Waals surface area contributed by atoms with E-state index in [2.05, 4.69) is 0 Å². The molecule has 1 atom stereocenters. The van der Waals surface area contributed by atoms with Gasteiger partial charge in [0.15, 0.2) is 11.5 Å². The lowest BCUT2D eigenvalue weighted by molar-refractivity contribution is -0.119. The van der Waals surface area contributed by atoms with Gasteiger partial charge in [-0.05, 0) is 23.3 Å². The zero-order valence-electron chi connectivity index (χ0n) is 9.38. The topological polar surface area (TPSA) is 74.6 Å². The van der Waals surface area contributed by atoms with Gasteiger partial charge in [0.05, 0.1) is 5.92 Å². The number of hydrogen-bond donors (Lipinski definition) is 2. The van der Waals surface area contributed by atoms with Gasteiger partial charge in [-0.3, -0.25) is 9.59 Å². The van der Waals surface area contributed by atoms with E-state index in [-0.39, 0.29) is 5.78 Å². The molecule has 0 aromatic heterocycles. The molecule has 0 bridgehead atoms. The molecule has 90 valence electrons. The molecule has 0 aromatic rings. The summed E-state index contributed by atoms with van der Waals surface area (Å²) in [5.74, 6) is -2.35. The van der Waals surface area contributed by atoms with E-state index in [9.17, 15) is 19.8 Å². The molecule has 0 saturated carbocycles. The maximum atomic E-state index is 11.8. The van der Waals surface area contributed by atoms with Gasteiger partial charge in [0, 0.05) is 12.0 Å². The summed E-state index contributed by atoms with van der Waals surface area (Å²) in [5, 5.41) is 18.9. The smallest absolute Gasteiger partial charge is 0.212 e. The second-order valence-electron chi connectivity index (χ2n) is 4.43. The molecule has 0 amide bonds. The predicted molar refractivity (Wildman–Crippen MR) is 63.8 cm³/mol. The number of ketones is 2. The van der Waals surface area contributed by atoms with Crippen LogP contribution >= 0.6 is 0 Å². The Bertz CT molecular complexity index is 626. The number of fused-ring (bicyclic) bond motifs is 2. The highest BCUT2D eigenvalue weighted by atomic mass is 16.3. The fourth-order valence-corrected chi connectivity index (χ4v) is 2.36. The van der Waals surface area contributed by atoms with Crippen molar-refractivity contribution in [3.05, 3.63) is 58.6 Å². The maximum absolute atomic E-state index is 11.8. The summed E-state index contributed by atoms with van der Waals surface area (Å²) in [6.07, 6.45) is 8.55. The first-order chi connectivity index (χ1) is 8.58. The van der Waals surface area contributed by atoms with Crippen molar-refractivity contribution < 1.29 is 19.8 Å². The highest BCUT2D eigenvalue weighted by molar-refractivity contribution is 6.07. The quantitative estimate of drug-likeness (QED) is 0.679. The molecule has 3 aliphatic carbocycles.